The van der Waals surface area contributed by atoms with Crippen molar-refractivity contribution in [1.29, 1.82) is 0 Å². The van der Waals surface area contributed by atoms with E-state index in [1.165, 1.54) is 0 Å². The number of carbonyl (C=O) groups excluding carboxylic acids is 2. The minimum absolute atomic E-state index is 0.231. The van der Waals surface area contributed by atoms with Gasteiger partial charge in [-0.1, -0.05) is 30.3 Å². The monoisotopic (exact) mass is 403 g/mol. The molecule has 29 heavy (non-hydrogen) atoms. The number of benzene rings is 1. The Morgan fingerprint density at radius 3 is 2.31 bits per heavy atom. The van der Waals surface area contributed by atoms with Crippen LogP contribution < -0.4 is 0 Å². The lowest BCUT2D eigenvalue weighted by atomic mass is 10.0. The first-order valence-electron chi connectivity index (χ1n) is 10.5. The van der Waals surface area contributed by atoms with E-state index in [-0.39, 0.29) is 12.2 Å². The second-order valence-corrected chi connectivity index (χ2v) is 8.79. The van der Waals surface area contributed by atoms with Gasteiger partial charge in [0, 0.05) is 45.3 Å². The van der Waals surface area contributed by atoms with Gasteiger partial charge in [0.2, 0.25) is 0 Å². The minimum atomic E-state index is -0.476. The molecule has 1 aromatic carbocycles. The van der Waals surface area contributed by atoms with E-state index in [1.54, 1.807) is 4.90 Å². The normalized spacial score (nSPS) is 21.0. The molecule has 0 spiro atoms. The first kappa shape index (κ1) is 21.4. The van der Waals surface area contributed by atoms with Crippen LogP contribution in [0.15, 0.2) is 30.3 Å². The number of likely N-dealkylation sites (tertiary alicyclic amines) is 1. The molecular formula is C22H33N3O4. The maximum absolute atomic E-state index is 12.4. The van der Waals surface area contributed by atoms with Crippen LogP contribution in [0.3, 0.4) is 0 Å². The molecule has 0 bridgehead atoms. The number of piperidine rings is 1. The second-order valence-electron chi connectivity index (χ2n) is 8.79. The molecule has 160 valence electrons. The molecule has 2 aliphatic rings. The summed E-state index contributed by atoms with van der Waals surface area (Å²) >= 11 is 0. The van der Waals surface area contributed by atoms with Crippen molar-refractivity contribution >= 4 is 12.2 Å². The molecular weight excluding hydrogens is 370 g/mol. The third-order valence-corrected chi connectivity index (χ3v) is 5.34. The summed E-state index contributed by atoms with van der Waals surface area (Å²) in [6.45, 7) is 10.3. The molecule has 2 saturated heterocycles. The van der Waals surface area contributed by atoms with E-state index < -0.39 is 5.60 Å². The first-order chi connectivity index (χ1) is 13.8. The average molecular weight is 404 g/mol. The van der Waals surface area contributed by atoms with Crippen LogP contribution >= 0.6 is 0 Å². The van der Waals surface area contributed by atoms with Crippen molar-refractivity contribution in [3.8, 4) is 0 Å². The van der Waals surface area contributed by atoms with Gasteiger partial charge in [0.25, 0.3) is 0 Å². The largest absolute Gasteiger partial charge is 0.445 e. The molecule has 0 saturated carbocycles. The molecule has 1 atom stereocenters. The maximum Gasteiger partial charge on any atom is 0.410 e. The fraction of sp³-hybridized carbons (Fsp3) is 0.636. The van der Waals surface area contributed by atoms with Crippen LogP contribution in [0.1, 0.15) is 39.2 Å². The zero-order valence-corrected chi connectivity index (χ0v) is 17.8. The van der Waals surface area contributed by atoms with Crippen LogP contribution in [0.4, 0.5) is 9.59 Å². The molecule has 7 nitrogen and oxygen atoms in total. The van der Waals surface area contributed by atoms with Crippen LogP contribution in [0.2, 0.25) is 0 Å². The van der Waals surface area contributed by atoms with Crippen LogP contribution in [0.5, 0.6) is 0 Å². The van der Waals surface area contributed by atoms with E-state index in [9.17, 15) is 9.59 Å². The molecule has 0 radical (unpaired) electrons. The summed E-state index contributed by atoms with van der Waals surface area (Å²) in [7, 11) is 0. The highest BCUT2D eigenvalue weighted by atomic mass is 16.6. The predicted octanol–water partition coefficient (Wildman–Crippen LogP) is 3.34. The van der Waals surface area contributed by atoms with Crippen molar-refractivity contribution in [2.24, 2.45) is 0 Å². The van der Waals surface area contributed by atoms with Gasteiger partial charge in [-0.2, -0.15) is 0 Å². The molecule has 2 amide bonds. The number of nitrogens with zero attached hydrogens (tertiary/aromatic N) is 3. The van der Waals surface area contributed by atoms with Crippen LogP contribution in [-0.2, 0) is 16.1 Å². The Labute approximate surface area is 173 Å². The first-order valence-corrected chi connectivity index (χ1v) is 10.5. The molecule has 2 aliphatic heterocycles. The zero-order valence-electron chi connectivity index (χ0n) is 17.8. The zero-order chi connectivity index (χ0) is 20.9. The summed E-state index contributed by atoms with van der Waals surface area (Å²) in [4.78, 5) is 30.7. The summed E-state index contributed by atoms with van der Waals surface area (Å²) in [6, 6.07) is 10.0. The van der Waals surface area contributed by atoms with Crippen molar-refractivity contribution in [3.63, 3.8) is 0 Å². The van der Waals surface area contributed by atoms with Gasteiger partial charge < -0.3 is 19.3 Å². The van der Waals surface area contributed by atoms with Gasteiger partial charge in [0.15, 0.2) is 0 Å². The van der Waals surface area contributed by atoms with E-state index >= 15 is 0 Å². The quantitative estimate of drug-likeness (QED) is 0.775. The average Bonchev–Trinajstić information content (AvgIpc) is 2.72. The van der Waals surface area contributed by atoms with Crippen LogP contribution in [0, 0.1) is 0 Å². The number of piperazine rings is 1. The Morgan fingerprint density at radius 2 is 1.66 bits per heavy atom. The molecule has 0 N–H and O–H groups in total. The van der Waals surface area contributed by atoms with Crippen molar-refractivity contribution in [3.05, 3.63) is 35.9 Å². The van der Waals surface area contributed by atoms with Gasteiger partial charge in [-0.25, -0.2) is 9.59 Å². The molecule has 1 aromatic rings. The highest BCUT2D eigenvalue weighted by molar-refractivity contribution is 5.68. The summed E-state index contributed by atoms with van der Waals surface area (Å²) < 4.78 is 11.0. The molecule has 1 unspecified atom stereocenters. The molecule has 0 aromatic heterocycles. The topological polar surface area (TPSA) is 62.3 Å². The number of ether oxygens (including phenoxy) is 2. The van der Waals surface area contributed by atoms with E-state index in [0.29, 0.717) is 32.3 Å². The molecule has 3 rings (SSSR count). The minimum Gasteiger partial charge on any atom is -0.445 e. The standard InChI is InChI=1S/C22H33N3O4/c1-22(2,3)29-21(27)25-11-7-10-19(16-25)23-12-14-24(15-13-23)20(26)28-17-18-8-5-4-6-9-18/h4-6,8-9,19H,7,10-17H2,1-3H3. The predicted molar refractivity (Wildman–Crippen MR) is 111 cm³/mol. The highest BCUT2D eigenvalue weighted by Gasteiger charge is 2.32. The lowest BCUT2D eigenvalue weighted by Crippen LogP contribution is -2.57. The summed E-state index contributed by atoms with van der Waals surface area (Å²) in [5.74, 6) is 0. The molecule has 7 heteroatoms. The lowest BCUT2D eigenvalue weighted by molar-refractivity contribution is 0.00444. The molecule has 2 heterocycles. The van der Waals surface area contributed by atoms with Crippen molar-refractivity contribution in [1.82, 2.24) is 14.7 Å². The van der Waals surface area contributed by atoms with Gasteiger partial charge in [-0.15, -0.1) is 0 Å². The number of amides is 2. The Bertz CT molecular complexity index is 681. The Kier molecular flexibility index (Phi) is 7.00. The molecule has 2 fully saturated rings. The van der Waals surface area contributed by atoms with Crippen molar-refractivity contribution in [2.75, 3.05) is 39.3 Å². The van der Waals surface area contributed by atoms with Crippen molar-refractivity contribution < 1.29 is 19.1 Å². The Hall–Kier alpha value is -2.28. The lowest BCUT2D eigenvalue weighted by Gasteiger charge is -2.43. The summed E-state index contributed by atoms with van der Waals surface area (Å²) in [6.07, 6.45) is 1.55. The Balaban J connectivity index is 1.43. The SMILES string of the molecule is CC(C)(C)OC(=O)N1CCCC(N2CCN(C(=O)OCc3ccccc3)CC2)C1. The van der Waals surface area contributed by atoms with E-state index in [2.05, 4.69) is 4.90 Å². The number of hydrogen-bond acceptors (Lipinski definition) is 5. The number of hydrogen-bond donors (Lipinski definition) is 0. The van der Waals surface area contributed by atoms with Gasteiger partial charge in [-0.3, -0.25) is 4.90 Å². The van der Waals surface area contributed by atoms with Gasteiger partial charge in [0.05, 0.1) is 0 Å². The van der Waals surface area contributed by atoms with Gasteiger partial charge >= 0.3 is 12.2 Å². The van der Waals surface area contributed by atoms with E-state index in [4.69, 9.17) is 9.47 Å². The number of rotatable bonds is 3. The van der Waals surface area contributed by atoms with Crippen LogP contribution in [-0.4, -0.2) is 77.8 Å². The Morgan fingerprint density at radius 1 is 0.966 bits per heavy atom. The number of carbonyl (C=O) groups is 2. The maximum atomic E-state index is 12.4. The van der Waals surface area contributed by atoms with E-state index in [0.717, 1.165) is 38.0 Å². The third kappa shape index (κ3) is 6.35. The van der Waals surface area contributed by atoms with Crippen molar-refractivity contribution in [2.45, 2.75) is 51.9 Å². The second kappa shape index (κ2) is 9.48. The van der Waals surface area contributed by atoms with Gasteiger partial charge in [0.1, 0.15) is 12.2 Å². The fourth-order valence-corrected chi connectivity index (χ4v) is 3.83. The summed E-state index contributed by atoms with van der Waals surface area (Å²) in [5, 5.41) is 0. The van der Waals surface area contributed by atoms with E-state index in [1.807, 2.05) is 56.0 Å². The third-order valence-electron chi connectivity index (χ3n) is 5.34. The summed E-state index contributed by atoms with van der Waals surface area (Å²) in [5.41, 5.74) is 0.513. The van der Waals surface area contributed by atoms with Gasteiger partial charge in [-0.05, 0) is 39.2 Å². The molecule has 0 aliphatic carbocycles. The van der Waals surface area contributed by atoms with Crippen LogP contribution in [0.25, 0.3) is 0 Å². The fourth-order valence-electron chi connectivity index (χ4n) is 3.83. The highest BCUT2D eigenvalue weighted by Crippen LogP contribution is 2.20. The smallest absolute Gasteiger partial charge is 0.410 e.